The zero-order valence-electron chi connectivity index (χ0n) is 19.3. The molecule has 0 unspecified atom stereocenters. The van der Waals surface area contributed by atoms with E-state index in [1.54, 1.807) is 35.2 Å². The molecule has 174 valence electrons. The number of nitrogens with zero attached hydrogens (tertiary/aromatic N) is 1. The number of amides is 3. The number of nitrogens with one attached hydrogen (secondary N) is 2. The van der Waals surface area contributed by atoms with Crippen LogP contribution in [0.4, 0.5) is 16.2 Å². The van der Waals surface area contributed by atoms with Gasteiger partial charge >= 0.3 is 6.03 Å². The van der Waals surface area contributed by atoms with Crippen LogP contribution in [0, 0.1) is 0 Å². The summed E-state index contributed by atoms with van der Waals surface area (Å²) in [4.78, 5) is 27.7. The van der Waals surface area contributed by atoms with E-state index in [0.717, 1.165) is 11.3 Å². The molecule has 5 rings (SSSR count). The first-order chi connectivity index (χ1) is 16.2. The summed E-state index contributed by atoms with van der Waals surface area (Å²) in [5.74, 6) is 0.861. The zero-order valence-corrected chi connectivity index (χ0v) is 20.0. The summed E-state index contributed by atoms with van der Waals surface area (Å²) in [6.45, 7) is 6.14. The van der Waals surface area contributed by atoms with Gasteiger partial charge in [-0.05, 0) is 66.9 Å². The lowest BCUT2D eigenvalue weighted by Gasteiger charge is -2.50. The van der Waals surface area contributed by atoms with Crippen LogP contribution in [0.5, 0.6) is 5.75 Å². The second-order valence-electron chi connectivity index (χ2n) is 9.28. The van der Waals surface area contributed by atoms with Crippen molar-refractivity contribution >= 4 is 34.9 Å². The van der Waals surface area contributed by atoms with Crippen molar-refractivity contribution in [3.05, 3.63) is 88.4 Å². The Morgan fingerprint density at radius 2 is 1.91 bits per heavy atom. The van der Waals surface area contributed by atoms with Crippen molar-refractivity contribution in [2.75, 3.05) is 10.2 Å². The van der Waals surface area contributed by atoms with E-state index < -0.39 is 5.72 Å². The number of halogens is 1. The minimum Gasteiger partial charge on any atom is -0.467 e. The van der Waals surface area contributed by atoms with Gasteiger partial charge in [0.2, 0.25) is 0 Å². The highest BCUT2D eigenvalue weighted by Crippen LogP contribution is 2.46. The fourth-order valence-corrected chi connectivity index (χ4v) is 4.86. The van der Waals surface area contributed by atoms with Gasteiger partial charge in [0, 0.05) is 28.3 Å². The first kappa shape index (κ1) is 22.3. The van der Waals surface area contributed by atoms with Gasteiger partial charge in [0.1, 0.15) is 5.75 Å². The highest BCUT2D eigenvalue weighted by atomic mass is 35.5. The lowest BCUT2D eigenvalue weighted by atomic mass is 9.90. The average molecular weight is 476 g/mol. The molecule has 0 aliphatic carbocycles. The van der Waals surface area contributed by atoms with Gasteiger partial charge < -0.3 is 15.4 Å². The monoisotopic (exact) mass is 475 g/mol. The van der Waals surface area contributed by atoms with Crippen LogP contribution >= 0.6 is 11.6 Å². The number of anilines is 2. The Labute approximate surface area is 203 Å². The van der Waals surface area contributed by atoms with E-state index >= 15 is 0 Å². The van der Waals surface area contributed by atoms with E-state index in [-0.39, 0.29) is 18.0 Å². The van der Waals surface area contributed by atoms with Crippen LogP contribution in [0.15, 0.2) is 66.7 Å². The second-order valence-corrected chi connectivity index (χ2v) is 9.72. The molecular formula is C27H26ClN3O3. The summed E-state index contributed by atoms with van der Waals surface area (Å²) >= 11 is 6.16. The Morgan fingerprint density at radius 1 is 1.15 bits per heavy atom. The van der Waals surface area contributed by atoms with Gasteiger partial charge in [-0.15, -0.1) is 0 Å². The summed E-state index contributed by atoms with van der Waals surface area (Å²) in [5, 5.41) is 6.59. The van der Waals surface area contributed by atoms with E-state index in [0.29, 0.717) is 34.4 Å². The molecule has 0 saturated carbocycles. The normalized spacial score (nSPS) is 20.9. The van der Waals surface area contributed by atoms with Crippen molar-refractivity contribution in [3.63, 3.8) is 0 Å². The van der Waals surface area contributed by atoms with E-state index in [1.807, 2.05) is 43.3 Å². The molecule has 0 aromatic heterocycles. The maximum atomic E-state index is 13.2. The van der Waals surface area contributed by atoms with Crippen LogP contribution in [0.3, 0.4) is 0 Å². The van der Waals surface area contributed by atoms with Gasteiger partial charge in [0.05, 0.1) is 11.7 Å². The quantitative estimate of drug-likeness (QED) is 0.453. The van der Waals surface area contributed by atoms with Gasteiger partial charge in [-0.3, -0.25) is 9.69 Å². The predicted molar refractivity (Wildman–Crippen MR) is 134 cm³/mol. The molecule has 1 saturated heterocycles. The summed E-state index contributed by atoms with van der Waals surface area (Å²) in [6, 6.07) is 19.8. The van der Waals surface area contributed by atoms with E-state index in [2.05, 4.69) is 24.5 Å². The lowest BCUT2D eigenvalue weighted by molar-refractivity contribution is 0.0378. The third-order valence-electron chi connectivity index (χ3n) is 6.44. The number of ether oxygens (including phenoxy) is 1. The fourth-order valence-electron chi connectivity index (χ4n) is 4.68. The third kappa shape index (κ3) is 3.99. The summed E-state index contributed by atoms with van der Waals surface area (Å²) in [7, 11) is 0. The van der Waals surface area contributed by atoms with E-state index in [1.165, 1.54) is 5.56 Å². The van der Waals surface area contributed by atoms with Crippen LogP contribution < -0.4 is 20.3 Å². The number of hydrogen-bond donors (Lipinski definition) is 2. The van der Waals surface area contributed by atoms with Crippen molar-refractivity contribution in [2.24, 2.45) is 0 Å². The molecule has 1 fully saturated rings. The predicted octanol–water partition coefficient (Wildman–Crippen LogP) is 6.49. The topological polar surface area (TPSA) is 70.7 Å². The molecule has 34 heavy (non-hydrogen) atoms. The Morgan fingerprint density at radius 3 is 2.65 bits per heavy atom. The van der Waals surface area contributed by atoms with Gasteiger partial charge in [-0.1, -0.05) is 43.6 Å². The van der Waals surface area contributed by atoms with Crippen molar-refractivity contribution in [2.45, 2.75) is 44.9 Å². The van der Waals surface area contributed by atoms with Gasteiger partial charge in [0.25, 0.3) is 5.91 Å². The number of carbonyl (C=O) groups excluding carboxylic acids is 2. The lowest BCUT2D eigenvalue weighted by Crippen LogP contribution is -2.65. The highest BCUT2D eigenvalue weighted by molar-refractivity contribution is 6.30. The fraction of sp³-hybridized carbons (Fsp3) is 0.259. The smallest absolute Gasteiger partial charge is 0.325 e. The molecule has 2 bridgehead atoms. The average Bonchev–Trinajstić information content (AvgIpc) is 2.79. The molecule has 0 radical (unpaired) electrons. The minimum atomic E-state index is -0.907. The maximum Gasteiger partial charge on any atom is 0.325 e. The molecule has 7 heteroatoms. The minimum absolute atomic E-state index is 0.198. The Balaban J connectivity index is 1.41. The highest BCUT2D eigenvalue weighted by Gasteiger charge is 2.50. The van der Waals surface area contributed by atoms with Crippen LogP contribution in [-0.2, 0) is 0 Å². The van der Waals surface area contributed by atoms with Crippen molar-refractivity contribution in [1.82, 2.24) is 5.32 Å². The SMILES string of the molecule is CC(C)c1ccc(NC(=O)c2cccc(N3C(=O)N[C@H]4C[C@@]3(C)Oc3ccc(Cl)cc34)c2)cc1. The van der Waals surface area contributed by atoms with Crippen LogP contribution in [0.25, 0.3) is 0 Å². The number of benzene rings is 3. The third-order valence-corrected chi connectivity index (χ3v) is 6.67. The van der Waals surface area contributed by atoms with Crippen molar-refractivity contribution in [1.29, 1.82) is 0 Å². The molecule has 2 aliphatic rings. The molecule has 2 aliphatic heterocycles. The number of carbonyl (C=O) groups is 2. The molecule has 0 spiro atoms. The summed E-state index contributed by atoms with van der Waals surface area (Å²) in [5.41, 5.74) is 2.92. The zero-order chi connectivity index (χ0) is 24.0. The van der Waals surface area contributed by atoms with Gasteiger partial charge in [-0.2, -0.15) is 0 Å². The van der Waals surface area contributed by atoms with Crippen LogP contribution in [0.1, 0.15) is 60.6 Å². The summed E-state index contributed by atoms with van der Waals surface area (Å²) < 4.78 is 6.32. The van der Waals surface area contributed by atoms with E-state index in [9.17, 15) is 9.59 Å². The van der Waals surface area contributed by atoms with Crippen molar-refractivity contribution in [3.8, 4) is 5.75 Å². The number of rotatable bonds is 4. The second kappa shape index (κ2) is 8.37. The standard InChI is InChI=1S/C27H26ClN3O3/c1-16(2)17-7-10-20(11-8-17)29-25(32)18-5-4-6-21(13-18)31-26(33)30-23-15-27(31,3)34-24-12-9-19(28)14-22(23)24/h4-14,16,23H,15H2,1-3H3,(H,29,32)(H,30,33)/t23-,27+/m0/s1. The maximum absolute atomic E-state index is 13.2. The first-order valence-corrected chi connectivity index (χ1v) is 11.7. The largest absolute Gasteiger partial charge is 0.467 e. The molecule has 2 heterocycles. The molecule has 6 nitrogen and oxygen atoms in total. The van der Waals surface area contributed by atoms with Crippen LogP contribution in [0.2, 0.25) is 5.02 Å². The molecule has 2 N–H and O–H groups in total. The number of fused-ring (bicyclic) bond motifs is 4. The Kier molecular flexibility index (Phi) is 5.48. The Bertz CT molecular complexity index is 1270. The molecular weight excluding hydrogens is 450 g/mol. The molecule has 2 atom stereocenters. The van der Waals surface area contributed by atoms with Crippen LogP contribution in [-0.4, -0.2) is 17.7 Å². The number of hydrogen-bond acceptors (Lipinski definition) is 3. The van der Waals surface area contributed by atoms with E-state index in [4.69, 9.17) is 16.3 Å². The Hall–Kier alpha value is -3.51. The molecule has 3 aromatic rings. The van der Waals surface area contributed by atoms with Gasteiger partial charge in [0.15, 0.2) is 5.72 Å². The molecule has 3 amide bonds. The summed E-state index contributed by atoms with van der Waals surface area (Å²) in [6.07, 6.45) is 0.546. The van der Waals surface area contributed by atoms with Gasteiger partial charge in [-0.25, -0.2) is 4.79 Å². The first-order valence-electron chi connectivity index (χ1n) is 11.3. The molecule has 3 aromatic carbocycles. The number of urea groups is 1. The van der Waals surface area contributed by atoms with Crippen molar-refractivity contribution < 1.29 is 14.3 Å².